The van der Waals surface area contributed by atoms with Crippen LogP contribution in [0.15, 0.2) is 18.5 Å². The lowest BCUT2D eigenvalue weighted by Gasteiger charge is -2.05. The summed E-state index contributed by atoms with van der Waals surface area (Å²) in [6, 6.07) is 1.74. The van der Waals surface area contributed by atoms with Crippen molar-refractivity contribution in [3.63, 3.8) is 0 Å². The molecule has 0 aliphatic heterocycles. The SMILES string of the molecule is Cc1nccn1CCc1cc(N)nc(N)n1. The number of nitrogens with two attached hydrogens (primary N) is 2. The molecule has 0 aliphatic rings. The largest absolute Gasteiger partial charge is 0.384 e. The molecule has 2 rings (SSSR count). The maximum Gasteiger partial charge on any atom is 0.222 e. The molecule has 0 bridgehead atoms. The number of nitrogen functional groups attached to an aromatic ring is 2. The number of rotatable bonds is 3. The van der Waals surface area contributed by atoms with Crippen LogP contribution in [0.25, 0.3) is 0 Å². The summed E-state index contributed by atoms with van der Waals surface area (Å²) in [6.45, 7) is 2.77. The highest BCUT2D eigenvalue weighted by Crippen LogP contribution is 2.06. The van der Waals surface area contributed by atoms with E-state index in [4.69, 9.17) is 11.5 Å². The van der Waals surface area contributed by atoms with Crippen molar-refractivity contribution in [2.24, 2.45) is 0 Å². The van der Waals surface area contributed by atoms with Crippen LogP contribution in [-0.4, -0.2) is 19.5 Å². The number of aromatic nitrogens is 4. The van der Waals surface area contributed by atoms with Gasteiger partial charge < -0.3 is 16.0 Å². The van der Waals surface area contributed by atoms with Crippen molar-refractivity contribution < 1.29 is 0 Å². The minimum Gasteiger partial charge on any atom is -0.384 e. The van der Waals surface area contributed by atoms with Crippen LogP contribution in [0.1, 0.15) is 11.5 Å². The molecule has 2 heterocycles. The second kappa shape index (κ2) is 4.18. The second-order valence-electron chi connectivity index (χ2n) is 3.56. The highest BCUT2D eigenvalue weighted by Gasteiger charge is 2.02. The molecule has 0 saturated carbocycles. The average molecular weight is 218 g/mol. The summed E-state index contributed by atoms with van der Waals surface area (Å²) in [5, 5.41) is 0. The lowest BCUT2D eigenvalue weighted by atomic mass is 10.3. The monoisotopic (exact) mass is 218 g/mol. The number of aryl methyl sites for hydroxylation is 3. The van der Waals surface area contributed by atoms with E-state index in [0.717, 1.165) is 24.5 Å². The zero-order valence-corrected chi connectivity index (χ0v) is 9.09. The third-order valence-corrected chi connectivity index (χ3v) is 2.35. The zero-order chi connectivity index (χ0) is 11.5. The van der Waals surface area contributed by atoms with Crippen molar-refractivity contribution >= 4 is 11.8 Å². The van der Waals surface area contributed by atoms with E-state index in [0.29, 0.717) is 5.82 Å². The molecule has 0 atom stereocenters. The lowest BCUT2D eigenvalue weighted by Crippen LogP contribution is -2.07. The van der Waals surface area contributed by atoms with Crippen LogP contribution in [0, 0.1) is 6.92 Å². The quantitative estimate of drug-likeness (QED) is 0.776. The minimum absolute atomic E-state index is 0.220. The number of anilines is 2. The van der Waals surface area contributed by atoms with E-state index < -0.39 is 0 Å². The highest BCUT2D eigenvalue weighted by molar-refractivity contribution is 5.35. The van der Waals surface area contributed by atoms with Gasteiger partial charge in [0.1, 0.15) is 11.6 Å². The normalized spacial score (nSPS) is 10.6. The molecule has 16 heavy (non-hydrogen) atoms. The zero-order valence-electron chi connectivity index (χ0n) is 9.09. The summed E-state index contributed by atoms with van der Waals surface area (Å²) in [6.07, 6.45) is 4.47. The molecule has 0 spiro atoms. The summed E-state index contributed by atoms with van der Waals surface area (Å²) >= 11 is 0. The molecule has 2 aromatic heterocycles. The van der Waals surface area contributed by atoms with Crippen LogP contribution in [0.3, 0.4) is 0 Å². The molecule has 0 aliphatic carbocycles. The van der Waals surface area contributed by atoms with E-state index in [1.54, 1.807) is 12.3 Å². The Kier molecular flexibility index (Phi) is 2.72. The first kappa shape index (κ1) is 10.4. The number of hydrogen-bond donors (Lipinski definition) is 2. The molecule has 2 aromatic rings. The van der Waals surface area contributed by atoms with E-state index in [2.05, 4.69) is 19.5 Å². The molecule has 6 nitrogen and oxygen atoms in total. The van der Waals surface area contributed by atoms with Crippen LogP contribution in [-0.2, 0) is 13.0 Å². The smallest absolute Gasteiger partial charge is 0.222 e. The summed E-state index contributed by atoms with van der Waals surface area (Å²) in [5.74, 6) is 1.61. The van der Waals surface area contributed by atoms with Gasteiger partial charge in [-0.25, -0.2) is 9.97 Å². The average Bonchev–Trinajstić information content (AvgIpc) is 2.59. The van der Waals surface area contributed by atoms with Gasteiger partial charge in [-0.15, -0.1) is 0 Å². The molecule has 0 saturated heterocycles. The van der Waals surface area contributed by atoms with E-state index in [1.807, 2.05) is 13.1 Å². The predicted octanol–water partition coefficient (Wildman–Crippen LogP) is 0.389. The summed E-state index contributed by atoms with van der Waals surface area (Å²) in [7, 11) is 0. The molecule has 6 heteroatoms. The molecule has 0 aromatic carbocycles. The maximum absolute atomic E-state index is 5.59. The first-order valence-corrected chi connectivity index (χ1v) is 5.02. The molecule has 0 fully saturated rings. The Bertz CT molecular complexity index is 470. The summed E-state index contributed by atoms with van der Waals surface area (Å²) < 4.78 is 2.05. The van der Waals surface area contributed by atoms with Gasteiger partial charge in [-0.05, 0) is 6.92 Å². The topological polar surface area (TPSA) is 95.6 Å². The van der Waals surface area contributed by atoms with Gasteiger partial charge in [-0.3, -0.25) is 0 Å². The standard InChI is InChI=1S/C10H14N6/c1-7-13-3-5-16(7)4-2-8-6-9(11)15-10(12)14-8/h3,5-6H,2,4H2,1H3,(H4,11,12,14,15). The fourth-order valence-electron chi connectivity index (χ4n) is 1.54. The minimum atomic E-state index is 0.220. The Morgan fingerprint density at radius 3 is 2.75 bits per heavy atom. The first-order valence-electron chi connectivity index (χ1n) is 5.02. The third kappa shape index (κ3) is 2.28. The Hall–Kier alpha value is -2.11. The molecular weight excluding hydrogens is 204 g/mol. The Morgan fingerprint density at radius 1 is 1.31 bits per heavy atom. The van der Waals surface area contributed by atoms with Gasteiger partial charge in [-0.1, -0.05) is 0 Å². The van der Waals surface area contributed by atoms with Gasteiger partial charge in [0.15, 0.2) is 0 Å². The van der Waals surface area contributed by atoms with Crippen molar-refractivity contribution in [3.8, 4) is 0 Å². The molecule has 0 radical (unpaired) electrons. The van der Waals surface area contributed by atoms with Gasteiger partial charge in [0.05, 0.1) is 0 Å². The van der Waals surface area contributed by atoms with E-state index in [1.165, 1.54) is 0 Å². The van der Waals surface area contributed by atoms with E-state index in [-0.39, 0.29) is 5.95 Å². The van der Waals surface area contributed by atoms with Gasteiger partial charge in [0, 0.05) is 37.1 Å². The first-order chi connectivity index (χ1) is 7.65. The Morgan fingerprint density at radius 2 is 2.12 bits per heavy atom. The number of nitrogens with zero attached hydrogens (tertiary/aromatic N) is 4. The molecule has 4 N–H and O–H groups in total. The van der Waals surface area contributed by atoms with Crippen LogP contribution in [0.2, 0.25) is 0 Å². The third-order valence-electron chi connectivity index (χ3n) is 2.35. The van der Waals surface area contributed by atoms with Crippen molar-refractivity contribution in [2.75, 3.05) is 11.5 Å². The van der Waals surface area contributed by atoms with Gasteiger partial charge in [0.2, 0.25) is 5.95 Å². The second-order valence-corrected chi connectivity index (χ2v) is 3.56. The van der Waals surface area contributed by atoms with Gasteiger partial charge in [0.25, 0.3) is 0 Å². The molecular formula is C10H14N6. The van der Waals surface area contributed by atoms with Crippen molar-refractivity contribution in [3.05, 3.63) is 30.0 Å². The summed E-state index contributed by atoms with van der Waals surface area (Å²) in [4.78, 5) is 12.1. The number of imidazole rings is 1. The fourth-order valence-corrected chi connectivity index (χ4v) is 1.54. The number of hydrogen-bond acceptors (Lipinski definition) is 5. The van der Waals surface area contributed by atoms with Gasteiger partial charge >= 0.3 is 0 Å². The van der Waals surface area contributed by atoms with Crippen LogP contribution in [0.5, 0.6) is 0 Å². The van der Waals surface area contributed by atoms with Crippen LogP contribution < -0.4 is 11.5 Å². The highest BCUT2D eigenvalue weighted by atomic mass is 15.1. The Labute approximate surface area is 93.3 Å². The van der Waals surface area contributed by atoms with E-state index in [9.17, 15) is 0 Å². The fraction of sp³-hybridized carbons (Fsp3) is 0.300. The molecule has 84 valence electrons. The maximum atomic E-state index is 5.59. The van der Waals surface area contributed by atoms with Gasteiger partial charge in [-0.2, -0.15) is 4.98 Å². The predicted molar refractivity (Wildman–Crippen MR) is 61.5 cm³/mol. The van der Waals surface area contributed by atoms with Crippen molar-refractivity contribution in [1.29, 1.82) is 0 Å². The van der Waals surface area contributed by atoms with E-state index >= 15 is 0 Å². The summed E-state index contributed by atoms with van der Waals surface area (Å²) in [5.41, 5.74) is 12.0. The van der Waals surface area contributed by atoms with Crippen molar-refractivity contribution in [1.82, 2.24) is 19.5 Å². The Balaban J connectivity index is 2.07. The lowest BCUT2D eigenvalue weighted by molar-refractivity contribution is 0.664. The van der Waals surface area contributed by atoms with Crippen LogP contribution >= 0.6 is 0 Å². The van der Waals surface area contributed by atoms with Crippen molar-refractivity contribution in [2.45, 2.75) is 19.9 Å². The van der Waals surface area contributed by atoms with Crippen LogP contribution in [0.4, 0.5) is 11.8 Å². The molecule has 0 unspecified atom stereocenters. The molecule has 0 amide bonds.